The molecule has 0 aromatic heterocycles. The molecule has 2 atom stereocenters. The Bertz CT molecular complexity index is 633. The Morgan fingerprint density at radius 2 is 1.82 bits per heavy atom. The number of benzene rings is 2. The molecule has 3 rings (SSSR count). The lowest BCUT2D eigenvalue weighted by Gasteiger charge is -2.32. The van der Waals surface area contributed by atoms with Crippen molar-refractivity contribution in [2.45, 2.75) is 25.0 Å². The summed E-state index contributed by atoms with van der Waals surface area (Å²) in [5.41, 5.74) is 8.59. The van der Waals surface area contributed by atoms with Crippen LogP contribution in [-0.2, 0) is 17.6 Å². The summed E-state index contributed by atoms with van der Waals surface area (Å²) in [5.74, 6) is -0.141. The Morgan fingerprint density at radius 3 is 2.50 bits per heavy atom. The van der Waals surface area contributed by atoms with E-state index in [1.165, 1.54) is 11.6 Å². The highest BCUT2D eigenvalue weighted by Gasteiger charge is 2.29. The zero-order valence-electron chi connectivity index (χ0n) is 12.1. The molecule has 0 aliphatic carbocycles. The summed E-state index contributed by atoms with van der Waals surface area (Å²) in [6, 6.07) is 13.3. The van der Waals surface area contributed by atoms with Crippen molar-refractivity contribution in [1.82, 2.24) is 0 Å². The van der Waals surface area contributed by atoms with Crippen LogP contribution in [0.3, 0.4) is 0 Å². The minimum atomic E-state index is -0.242. The second-order valence-electron chi connectivity index (χ2n) is 5.38. The van der Waals surface area contributed by atoms with Gasteiger partial charge in [0.15, 0.2) is 11.5 Å². The second-order valence-corrected chi connectivity index (χ2v) is 5.38. The first-order valence-corrected chi connectivity index (χ1v) is 7.12. The molecule has 22 heavy (non-hydrogen) atoms. The van der Waals surface area contributed by atoms with Crippen LogP contribution in [-0.4, -0.2) is 22.9 Å². The number of halogens is 1. The van der Waals surface area contributed by atoms with E-state index in [9.17, 15) is 10.2 Å². The fourth-order valence-corrected chi connectivity index (χ4v) is 2.92. The third-order valence-electron chi connectivity index (χ3n) is 3.95. The van der Waals surface area contributed by atoms with Crippen molar-refractivity contribution in [2.75, 3.05) is 6.54 Å². The van der Waals surface area contributed by atoms with Gasteiger partial charge in [0, 0.05) is 18.5 Å². The van der Waals surface area contributed by atoms with E-state index in [1.54, 1.807) is 6.07 Å². The number of ether oxygens (including phenoxy) is 1. The lowest BCUT2D eigenvalue weighted by Crippen LogP contribution is -2.31. The Kier molecular flexibility index (Phi) is 5.29. The second kappa shape index (κ2) is 7.01. The molecule has 0 radical (unpaired) electrons. The summed E-state index contributed by atoms with van der Waals surface area (Å²) >= 11 is 0. The molecular formula is C17H20ClNO3. The van der Waals surface area contributed by atoms with Crippen LogP contribution in [0.4, 0.5) is 0 Å². The number of phenols is 2. The van der Waals surface area contributed by atoms with Crippen molar-refractivity contribution in [3.8, 4) is 11.5 Å². The zero-order chi connectivity index (χ0) is 14.8. The van der Waals surface area contributed by atoms with Gasteiger partial charge in [-0.1, -0.05) is 36.4 Å². The molecule has 0 bridgehead atoms. The van der Waals surface area contributed by atoms with Gasteiger partial charge < -0.3 is 20.7 Å². The van der Waals surface area contributed by atoms with E-state index in [0.29, 0.717) is 13.0 Å². The third kappa shape index (κ3) is 3.19. The van der Waals surface area contributed by atoms with Gasteiger partial charge in [0.1, 0.15) is 0 Å². The van der Waals surface area contributed by atoms with E-state index in [4.69, 9.17) is 10.5 Å². The highest BCUT2D eigenvalue weighted by atomic mass is 35.5. The molecule has 2 aromatic carbocycles. The minimum Gasteiger partial charge on any atom is -0.504 e. The zero-order valence-corrected chi connectivity index (χ0v) is 12.9. The van der Waals surface area contributed by atoms with E-state index < -0.39 is 0 Å². The highest BCUT2D eigenvalue weighted by molar-refractivity contribution is 5.85. The van der Waals surface area contributed by atoms with Gasteiger partial charge in [-0.05, 0) is 23.6 Å². The third-order valence-corrected chi connectivity index (χ3v) is 3.95. The van der Waals surface area contributed by atoms with Crippen LogP contribution in [0.5, 0.6) is 11.5 Å². The van der Waals surface area contributed by atoms with Gasteiger partial charge in [-0.3, -0.25) is 0 Å². The van der Waals surface area contributed by atoms with Crippen LogP contribution in [0.2, 0.25) is 0 Å². The molecule has 1 heterocycles. The summed E-state index contributed by atoms with van der Waals surface area (Å²) in [7, 11) is 0. The summed E-state index contributed by atoms with van der Waals surface area (Å²) in [5, 5.41) is 19.8. The number of rotatable bonds is 3. The summed E-state index contributed by atoms with van der Waals surface area (Å²) in [6.45, 7) is 0.350. The fourth-order valence-electron chi connectivity index (χ4n) is 2.92. The Morgan fingerprint density at radius 1 is 1.09 bits per heavy atom. The molecule has 0 saturated carbocycles. The van der Waals surface area contributed by atoms with Crippen molar-refractivity contribution in [1.29, 1.82) is 0 Å². The molecule has 5 heteroatoms. The number of fused-ring (bicyclic) bond motifs is 1. The van der Waals surface area contributed by atoms with Crippen LogP contribution in [0.1, 0.15) is 22.8 Å². The molecule has 2 aromatic rings. The maximum absolute atomic E-state index is 10.1. The first-order chi connectivity index (χ1) is 10.2. The van der Waals surface area contributed by atoms with Crippen molar-refractivity contribution in [3.05, 3.63) is 59.2 Å². The summed E-state index contributed by atoms with van der Waals surface area (Å²) in [4.78, 5) is 0. The highest BCUT2D eigenvalue weighted by Crippen LogP contribution is 2.40. The van der Waals surface area contributed by atoms with Crippen LogP contribution in [0.25, 0.3) is 0 Å². The molecule has 1 aliphatic rings. The lowest BCUT2D eigenvalue weighted by atomic mass is 9.90. The number of aromatic hydroxyl groups is 2. The Hall–Kier alpha value is -1.75. The number of phenolic OH excluding ortho intramolecular Hbond substituents is 2. The minimum absolute atomic E-state index is 0. The first kappa shape index (κ1) is 16.6. The lowest BCUT2D eigenvalue weighted by molar-refractivity contribution is -0.0207. The van der Waals surface area contributed by atoms with Crippen LogP contribution >= 0.6 is 12.4 Å². The predicted octanol–water partition coefficient (Wildman–Crippen LogP) is 2.70. The van der Waals surface area contributed by atoms with Gasteiger partial charge >= 0.3 is 0 Å². The van der Waals surface area contributed by atoms with E-state index in [0.717, 1.165) is 17.5 Å². The Labute approximate surface area is 136 Å². The first-order valence-electron chi connectivity index (χ1n) is 7.12. The molecule has 2 unspecified atom stereocenters. The van der Waals surface area contributed by atoms with Gasteiger partial charge in [0.2, 0.25) is 0 Å². The van der Waals surface area contributed by atoms with Gasteiger partial charge in [-0.2, -0.15) is 0 Å². The molecule has 0 fully saturated rings. The molecule has 0 spiro atoms. The number of hydrogen-bond acceptors (Lipinski definition) is 4. The molecule has 0 saturated heterocycles. The largest absolute Gasteiger partial charge is 0.504 e. The van der Waals surface area contributed by atoms with Gasteiger partial charge in [0.25, 0.3) is 0 Å². The topological polar surface area (TPSA) is 75.7 Å². The normalized spacial score (nSPS) is 20.0. The van der Waals surface area contributed by atoms with Gasteiger partial charge in [-0.25, -0.2) is 0 Å². The van der Waals surface area contributed by atoms with Crippen LogP contribution in [0, 0.1) is 0 Å². The number of nitrogens with two attached hydrogens (primary N) is 1. The van der Waals surface area contributed by atoms with Crippen molar-refractivity contribution < 1.29 is 14.9 Å². The smallest absolute Gasteiger partial charge is 0.161 e. The molecular weight excluding hydrogens is 302 g/mol. The maximum atomic E-state index is 10.1. The van der Waals surface area contributed by atoms with Crippen LogP contribution < -0.4 is 5.73 Å². The van der Waals surface area contributed by atoms with Crippen molar-refractivity contribution in [3.63, 3.8) is 0 Å². The molecule has 4 N–H and O–H groups in total. The van der Waals surface area contributed by atoms with E-state index in [1.807, 2.05) is 18.2 Å². The van der Waals surface area contributed by atoms with Crippen molar-refractivity contribution in [2.24, 2.45) is 5.73 Å². The monoisotopic (exact) mass is 321 g/mol. The Balaban J connectivity index is 0.00000176. The van der Waals surface area contributed by atoms with Gasteiger partial charge in [-0.15, -0.1) is 12.4 Å². The maximum Gasteiger partial charge on any atom is 0.161 e. The fraction of sp³-hybridized carbons (Fsp3) is 0.294. The van der Waals surface area contributed by atoms with Crippen LogP contribution in [0.15, 0.2) is 42.5 Å². The van der Waals surface area contributed by atoms with Gasteiger partial charge in [0.05, 0.1) is 12.2 Å². The molecule has 4 nitrogen and oxygen atoms in total. The molecule has 0 amide bonds. The standard InChI is InChI=1S/C17H19NO3.ClH/c18-10-16-13-6-7-15(19)17(20)14(13)9-12(21-16)8-11-4-2-1-3-5-11;/h1-7,12,16,19-20H,8-10,18H2;1H. The average molecular weight is 322 g/mol. The molecule has 118 valence electrons. The predicted molar refractivity (Wildman–Crippen MR) is 87.5 cm³/mol. The van der Waals surface area contributed by atoms with E-state index >= 15 is 0 Å². The summed E-state index contributed by atoms with van der Waals surface area (Å²) in [6.07, 6.45) is 1.03. The van der Waals surface area contributed by atoms with Crippen molar-refractivity contribution >= 4 is 12.4 Å². The van der Waals surface area contributed by atoms with E-state index in [2.05, 4.69) is 12.1 Å². The number of hydrogen-bond donors (Lipinski definition) is 3. The molecule has 1 aliphatic heterocycles. The van der Waals surface area contributed by atoms with E-state index in [-0.39, 0.29) is 36.1 Å². The average Bonchev–Trinajstić information content (AvgIpc) is 2.51. The SMILES string of the molecule is Cl.NCC1OC(Cc2ccccc2)Cc2c1ccc(O)c2O. The summed E-state index contributed by atoms with van der Waals surface area (Å²) < 4.78 is 6.04. The quantitative estimate of drug-likeness (QED) is 0.760.